The molecule has 3 aliphatic heterocycles. The van der Waals surface area contributed by atoms with Gasteiger partial charge in [-0.1, -0.05) is 6.42 Å². The number of hydrogen-bond acceptors (Lipinski definition) is 3. The van der Waals surface area contributed by atoms with Gasteiger partial charge in [-0.25, -0.2) is 0 Å². The van der Waals surface area contributed by atoms with Crippen molar-refractivity contribution in [2.45, 2.75) is 62.7 Å². The molecule has 0 saturated carbocycles. The number of nitrogens with zero attached hydrogens (tertiary/aromatic N) is 2. The molecule has 0 amide bonds. The molecular formula is C13H25N3. The first-order chi connectivity index (χ1) is 7.74. The van der Waals surface area contributed by atoms with E-state index < -0.39 is 0 Å². The van der Waals surface area contributed by atoms with E-state index in [2.05, 4.69) is 16.8 Å². The highest BCUT2D eigenvalue weighted by atomic mass is 15.2. The summed E-state index contributed by atoms with van der Waals surface area (Å²) in [4.78, 5) is 5.32. The van der Waals surface area contributed by atoms with Crippen molar-refractivity contribution < 1.29 is 0 Å². The molecule has 0 radical (unpaired) electrons. The Bertz CT molecular complexity index is 242. The van der Waals surface area contributed by atoms with Crippen LogP contribution in [0.2, 0.25) is 0 Å². The molecule has 3 unspecified atom stereocenters. The van der Waals surface area contributed by atoms with Crippen LogP contribution in [0.15, 0.2) is 0 Å². The fraction of sp³-hybridized carbons (Fsp3) is 1.00. The van der Waals surface area contributed by atoms with Crippen LogP contribution in [0.3, 0.4) is 0 Å². The van der Waals surface area contributed by atoms with Crippen molar-refractivity contribution in [3.05, 3.63) is 0 Å². The molecule has 0 aromatic rings. The van der Waals surface area contributed by atoms with E-state index in [9.17, 15) is 0 Å². The second kappa shape index (κ2) is 4.28. The highest BCUT2D eigenvalue weighted by Crippen LogP contribution is 2.35. The highest BCUT2D eigenvalue weighted by molar-refractivity contribution is 4.96. The van der Waals surface area contributed by atoms with Crippen LogP contribution in [0.4, 0.5) is 0 Å². The fourth-order valence-corrected chi connectivity index (χ4v) is 4.03. The second-order valence-corrected chi connectivity index (χ2v) is 6.07. The lowest BCUT2D eigenvalue weighted by Crippen LogP contribution is -2.55. The molecule has 0 aliphatic carbocycles. The third-order valence-electron chi connectivity index (χ3n) is 5.09. The maximum Gasteiger partial charge on any atom is 0.0180 e. The Morgan fingerprint density at radius 1 is 1.00 bits per heavy atom. The third-order valence-corrected chi connectivity index (χ3v) is 5.09. The monoisotopic (exact) mass is 223 g/mol. The summed E-state index contributed by atoms with van der Waals surface area (Å²) >= 11 is 0. The van der Waals surface area contributed by atoms with E-state index in [-0.39, 0.29) is 0 Å². The van der Waals surface area contributed by atoms with Crippen molar-refractivity contribution in [1.29, 1.82) is 0 Å². The predicted molar refractivity (Wildman–Crippen MR) is 66.4 cm³/mol. The van der Waals surface area contributed by atoms with Gasteiger partial charge in [-0.05, 0) is 39.2 Å². The zero-order valence-electron chi connectivity index (χ0n) is 10.4. The van der Waals surface area contributed by atoms with Crippen LogP contribution in [0.5, 0.6) is 0 Å². The molecule has 2 bridgehead atoms. The van der Waals surface area contributed by atoms with Crippen molar-refractivity contribution in [3.63, 3.8) is 0 Å². The van der Waals surface area contributed by atoms with Gasteiger partial charge in [0.25, 0.3) is 0 Å². The number of nitrogens with two attached hydrogens (primary N) is 1. The van der Waals surface area contributed by atoms with Gasteiger partial charge < -0.3 is 10.6 Å². The molecule has 3 aliphatic rings. The first-order valence-corrected chi connectivity index (χ1v) is 6.95. The van der Waals surface area contributed by atoms with Crippen LogP contribution >= 0.6 is 0 Å². The van der Waals surface area contributed by atoms with Gasteiger partial charge >= 0.3 is 0 Å². The number of rotatable bonds is 1. The number of piperidine rings is 2. The first-order valence-electron chi connectivity index (χ1n) is 6.95. The average Bonchev–Trinajstić information content (AvgIpc) is 2.64. The Morgan fingerprint density at radius 3 is 2.25 bits per heavy atom. The Kier molecular flexibility index (Phi) is 2.94. The van der Waals surface area contributed by atoms with E-state index in [0.717, 1.165) is 24.7 Å². The lowest BCUT2D eigenvalue weighted by Gasteiger charge is -2.49. The van der Waals surface area contributed by atoms with Crippen LogP contribution in [0.25, 0.3) is 0 Å². The van der Waals surface area contributed by atoms with E-state index in [0.29, 0.717) is 6.04 Å². The summed E-state index contributed by atoms with van der Waals surface area (Å²) in [5, 5.41) is 0. The Morgan fingerprint density at radius 2 is 1.69 bits per heavy atom. The average molecular weight is 223 g/mol. The summed E-state index contributed by atoms with van der Waals surface area (Å²) in [6.45, 7) is 2.39. The van der Waals surface area contributed by atoms with Gasteiger partial charge in [0.2, 0.25) is 0 Å². The highest BCUT2D eigenvalue weighted by Gasteiger charge is 2.39. The Hall–Kier alpha value is -0.120. The normalized spacial score (nSPS) is 46.1. The van der Waals surface area contributed by atoms with Crippen molar-refractivity contribution in [1.82, 2.24) is 9.80 Å². The van der Waals surface area contributed by atoms with Crippen molar-refractivity contribution in [3.8, 4) is 0 Å². The minimum atomic E-state index is 0.444. The Balaban J connectivity index is 1.66. The molecule has 3 heterocycles. The molecule has 3 atom stereocenters. The quantitative estimate of drug-likeness (QED) is 0.721. The topological polar surface area (TPSA) is 32.5 Å². The van der Waals surface area contributed by atoms with Crippen molar-refractivity contribution in [2.24, 2.45) is 5.73 Å². The number of hydrogen-bond donors (Lipinski definition) is 1. The first kappa shape index (κ1) is 11.0. The van der Waals surface area contributed by atoms with Gasteiger partial charge in [-0.2, -0.15) is 0 Å². The van der Waals surface area contributed by atoms with Gasteiger partial charge in [0.15, 0.2) is 0 Å². The van der Waals surface area contributed by atoms with Crippen molar-refractivity contribution in [2.75, 3.05) is 20.1 Å². The minimum Gasteiger partial charge on any atom is -0.326 e. The summed E-state index contributed by atoms with van der Waals surface area (Å²) in [6, 6.07) is 2.99. The number of likely N-dealkylation sites (tertiary alicyclic amines) is 1. The summed E-state index contributed by atoms with van der Waals surface area (Å²) in [5.41, 5.74) is 6.02. The summed E-state index contributed by atoms with van der Waals surface area (Å²) in [6.07, 6.45) is 8.28. The molecular weight excluding hydrogens is 198 g/mol. The number of fused-ring (bicyclic) bond motifs is 2. The van der Waals surface area contributed by atoms with E-state index in [1.807, 2.05) is 0 Å². The maximum absolute atomic E-state index is 6.02. The molecule has 16 heavy (non-hydrogen) atoms. The van der Waals surface area contributed by atoms with Gasteiger partial charge in [0, 0.05) is 37.3 Å². The smallest absolute Gasteiger partial charge is 0.0180 e. The zero-order chi connectivity index (χ0) is 11.1. The molecule has 2 N–H and O–H groups in total. The summed E-state index contributed by atoms with van der Waals surface area (Å²) in [5.74, 6) is 0. The molecule has 0 spiro atoms. The van der Waals surface area contributed by atoms with Gasteiger partial charge in [0.05, 0.1) is 0 Å². The van der Waals surface area contributed by atoms with Crippen LogP contribution in [0.1, 0.15) is 38.5 Å². The molecule has 92 valence electrons. The van der Waals surface area contributed by atoms with Crippen LogP contribution < -0.4 is 5.73 Å². The lowest BCUT2D eigenvalue weighted by atomic mass is 9.82. The van der Waals surface area contributed by atoms with Crippen LogP contribution in [-0.2, 0) is 0 Å². The van der Waals surface area contributed by atoms with Gasteiger partial charge in [0.1, 0.15) is 0 Å². The Labute approximate surface area is 99.0 Å². The predicted octanol–water partition coefficient (Wildman–Crippen LogP) is 1.03. The molecule has 3 saturated heterocycles. The van der Waals surface area contributed by atoms with E-state index in [4.69, 9.17) is 5.73 Å². The summed E-state index contributed by atoms with van der Waals surface area (Å²) < 4.78 is 0. The molecule has 0 aromatic heterocycles. The standard InChI is InChI=1S/C13H25N3/c1-15-11-3-2-4-12(15)8-13(7-11)16-6-5-10(14)9-16/h10-13H,2-9,14H2,1H3. The molecule has 3 rings (SSSR count). The molecule has 3 heteroatoms. The lowest BCUT2D eigenvalue weighted by molar-refractivity contribution is 0.0156. The zero-order valence-corrected chi connectivity index (χ0v) is 10.4. The van der Waals surface area contributed by atoms with E-state index >= 15 is 0 Å². The van der Waals surface area contributed by atoms with E-state index in [1.54, 1.807) is 0 Å². The molecule has 3 fully saturated rings. The van der Waals surface area contributed by atoms with Gasteiger partial charge in [-0.15, -0.1) is 0 Å². The maximum atomic E-state index is 6.02. The largest absolute Gasteiger partial charge is 0.326 e. The second-order valence-electron chi connectivity index (χ2n) is 6.07. The van der Waals surface area contributed by atoms with Crippen molar-refractivity contribution >= 4 is 0 Å². The van der Waals surface area contributed by atoms with E-state index in [1.165, 1.54) is 45.1 Å². The molecule has 3 nitrogen and oxygen atoms in total. The SMILES string of the molecule is CN1C2CCCC1CC(N1CCC(N)C1)C2. The summed E-state index contributed by atoms with van der Waals surface area (Å²) in [7, 11) is 2.33. The van der Waals surface area contributed by atoms with Crippen LogP contribution in [0, 0.1) is 0 Å². The third kappa shape index (κ3) is 1.89. The van der Waals surface area contributed by atoms with Crippen LogP contribution in [-0.4, -0.2) is 54.1 Å². The minimum absolute atomic E-state index is 0.444. The van der Waals surface area contributed by atoms with Gasteiger partial charge in [-0.3, -0.25) is 4.90 Å². The molecule has 0 aromatic carbocycles. The fourth-order valence-electron chi connectivity index (χ4n) is 4.03.